The number of nitrogens with one attached hydrogen (secondary N) is 1. The number of carboxylic acids is 1. The van der Waals surface area contributed by atoms with Crippen LogP contribution in [-0.2, 0) is 4.79 Å². The van der Waals surface area contributed by atoms with Gasteiger partial charge in [-0.3, -0.25) is 4.79 Å². The van der Waals surface area contributed by atoms with Gasteiger partial charge in [-0.2, -0.15) is 0 Å². The third kappa shape index (κ3) is 2.72. The molecule has 1 amide bonds. The van der Waals surface area contributed by atoms with Crippen LogP contribution in [0.25, 0.3) is 10.9 Å². The average molecular weight is 299 g/mol. The van der Waals surface area contributed by atoms with Crippen molar-refractivity contribution in [2.75, 3.05) is 23.3 Å². The van der Waals surface area contributed by atoms with Crippen molar-refractivity contribution in [3.63, 3.8) is 0 Å². The van der Waals surface area contributed by atoms with E-state index in [1.165, 1.54) is 6.92 Å². The molecule has 1 fully saturated rings. The predicted octanol–water partition coefficient (Wildman–Crippen LogP) is 2.49. The molecule has 1 aliphatic rings. The monoisotopic (exact) mass is 299 g/mol. The van der Waals surface area contributed by atoms with Gasteiger partial charge in [-0.25, -0.2) is 9.78 Å². The number of carboxylic acid groups (broad SMARTS) is 1. The lowest BCUT2D eigenvalue weighted by Gasteiger charge is -2.18. The molecular weight excluding hydrogens is 282 g/mol. The van der Waals surface area contributed by atoms with Crippen LogP contribution in [0.4, 0.5) is 11.5 Å². The lowest BCUT2D eigenvalue weighted by molar-refractivity contribution is -0.114. The Hall–Kier alpha value is -2.63. The molecule has 6 nitrogen and oxygen atoms in total. The summed E-state index contributed by atoms with van der Waals surface area (Å²) in [5.74, 6) is -0.486. The van der Waals surface area contributed by atoms with E-state index < -0.39 is 5.97 Å². The van der Waals surface area contributed by atoms with Crippen LogP contribution in [0.5, 0.6) is 0 Å². The zero-order valence-electron chi connectivity index (χ0n) is 12.3. The fraction of sp³-hybridized carbons (Fsp3) is 0.312. The van der Waals surface area contributed by atoms with Gasteiger partial charge < -0.3 is 15.3 Å². The SMILES string of the molecule is CC(=O)Nc1ccc2nc(N3CCCC3)cc(C(=O)O)c2c1. The molecule has 2 aromatic rings. The third-order valence-electron chi connectivity index (χ3n) is 3.78. The number of aromatic nitrogens is 1. The first-order valence-corrected chi connectivity index (χ1v) is 7.25. The van der Waals surface area contributed by atoms with Gasteiger partial charge in [0, 0.05) is 31.1 Å². The molecule has 22 heavy (non-hydrogen) atoms. The van der Waals surface area contributed by atoms with Crippen LogP contribution in [0.3, 0.4) is 0 Å². The Balaban J connectivity index is 2.12. The van der Waals surface area contributed by atoms with Gasteiger partial charge in [-0.15, -0.1) is 0 Å². The molecule has 0 spiro atoms. The maximum atomic E-state index is 11.6. The number of fused-ring (bicyclic) bond motifs is 1. The number of amides is 1. The van der Waals surface area contributed by atoms with Crippen LogP contribution in [-0.4, -0.2) is 35.1 Å². The number of hydrogen-bond acceptors (Lipinski definition) is 4. The Morgan fingerprint density at radius 1 is 1.23 bits per heavy atom. The number of benzene rings is 1. The van der Waals surface area contributed by atoms with Crippen LogP contribution in [0.2, 0.25) is 0 Å². The standard InChI is InChI=1S/C16H17N3O3/c1-10(20)17-11-4-5-14-12(8-11)13(16(21)22)9-15(18-14)19-6-2-3-7-19/h4-5,8-9H,2-3,6-7H2,1H3,(H,17,20)(H,21,22). The topological polar surface area (TPSA) is 82.5 Å². The normalized spacial score (nSPS) is 14.3. The highest BCUT2D eigenvalue weighted by molar-refractivity contribution is 6.05. The summed E-state index contributed by atoms with van der Waals surface area (Å²) < 4.78 is 0. The van der Waals surface area contributed by atoms with Crippen molar-refractivity contribution >= 4 is 34.3 Å². The van der Waals surface area contributed by atoms with E-state index in [0.717, 1.165) is 25.9 Å². The predicted molar refractivity (Wildman–Crippen MR) is 84.5 cm³/mol. The zero-order chi connectivity index (χ0) is 15.7. The maximum Gasteiger partial charge on any atom is 0.336 e. The highest BCUT2D eigenvalue weighted by Gasteiger charge is 2.18. The van der Waals surface area contributed by atoms with Gasteiger partial charge >= 0.3 is 5.97 Å². The summed E-state index contributed by atoms with van der Waals surface area (Å²) in [7, 11) is 0. The van der Waals surface area contributed by atoms with E-state index in [4.69, 9.17) is 0 Å². The first-order valence-electron chi connectivity index (χ1n) is 7.25. The van der Waals surface area contributed by atoms with E-state index >= 15 is 0 Å². The third-order valence-corrected chi connectivity index (χ3v) is 3.78. The lowest BCUT2D eigenvalue weighted by Crippen LogP contribution is -2.19. The second-order valence-electron chi connectivity index (χ2n) is 5.44. The number of carbonyl (C=O) groups is 2. The Bertz CT molecular complexity index is 752. The molecule has 2 heterocycles. The number of hydrogen-bond donors (Lipinski definition) is 2. The summed E-state index contributed by atoms with van der Waals surface area (Å²) in [6.45, 7) is 3.22. The number of carbonyl (C=O) groups excluding carboxylic acids is 1. The van der Waals surface area contributed by atoms with E-state index in [1.54, 1.807) is 24.3 Å². The van der Waals surface area contributed by atoms with E-state index in [0.29, 0.717) is 22.4 Å². The molecule has 1 aliphatic heterocycles. The van der Waals surface area contributed by atoms with Gasteiger partial charge in [-0.1, -0.05) is 0 Å². The molecule has 114 valence electrons. The van der Waals surface area contributed by atoms with Gasteiger partial charge in [-0.05, 0) is 37.1 Å². The quantitative estimate of drug-likeness (QED) is 0.910. The molecule has 2 N–H and O–H groups in total. The first-order chi connectivity index (χ1) is 10.5. The van der Waals surface area contributed by atoms with Crippen LogP contribution < -0.4 is 10.2 Å². The second kappa shape index (κ2) is 5.63. The number of anilines is 2. The van der Waals surface area contributed by atoms with E-state index in [1.807, 2.05) is 0 Å². The van der Waals surface area contributed by atoms with Crippen molar-refractivity contribution in [2.24, 2.45) is 0 Å². The van der Waals surface area contributed by atoms with Gasteiger partial charge in [0.25, 0.3) is 0 Å². The summed E-state index contributed by atoms with van der Waals surface area (Å²) in [6, 6.07) is 6.75. The summed E-state index contributed by atoms with van der Waals surface area (Å²) in [5, 5.41) is 12.7. The van der Waals surface area contributed by atoms with Crippen molar-refractivity contribution in [1.29, 1.82) is 0 Å². The van der Waals surface area contributed by atoms with Crippen molar-refractivity contribution in [1.82, 2.24) is 4.98 Å². The lowest BCUT2D eigenvalue weighted by atomic mass is 10.1. The van der Waals surface area contributed by atoms with Crippen LogP contribution >= 0.6 is 0 Å². The van der Waals surface area contributed by atoms with Crippen molar-refractivity contribution in [2.45, 2.75) is 19.8 Å². The first kappa shape index (κ1) is 14.3. The van der Waals surface area contributed by atoms with E-state index in [2.05, 4.69) is 15.2 Å². The number of pyridine rings is 1. The largest absolute Gasteiger partial charge is 0.478 e. The van der Waals surface area contributed by atoms with E-state index in [9.17, 15) is 14.7 Å². The van der Waals surface area contributed by atoms with Gasteiger partial charge in [0.1, 0.15) is 5.82 Å². The second-order valence-corrected chi connectivity index (χ2v) is 5.44. The molecule has 6 heteroatoms. The molecule has 0 aliphatic carbocycles. The minimum absolute atomic E-state index is 0.196. The molecule has 0 bridgehead atoms. The molecule has 0 radical (unpaired) electrons. The van der Waals surface area contributed by atoms with Gasteiger partial charge in [0.2, 0.25) is 5.91 Å². The highest BCUT2D eigenvalue weighted by Crippen LogP contribution is 2.27. The Kier molecular flexibility index (Phi) is 3.66. The summed E-state index contributed by atoms with van der Waals surface area (Å²) >= 11 is 0. The molecular formula is C16H17N3O3. The maximum absolute atomic E-state index is 11.6. The Morgan fingerprint density at radius 3 is 2.59 bits per heavy atom. The number of aromatic carboxylic acids is 1. The van der Waals surface area contributed by atoms with Crippen molar-refractivity contribution < 1.29 is 14.7 Å². The Morgan fingerprint density at radius 2 is 1.95 bits per heavy atom. The molecule has 0 atom stereocenters. The van der Waals surface area contributed by atoms with Gasteiger partial charge in [0.05, 0.1) is 11.1 Å². The van der Waals surface area contributed by atoms with Crippen LogP contribution in [0, 0.1) is 0 Å². The highest BCUT2D eigenvalue weighted by atomic mass is 16.4. The molecule has 0 unspecified atom stereocenters. The molecule has 1 aromatic heterocycles. The summed E-state index contributed by atoms with van der Waals surface area (Å²) in [4.78, 5) is 29.4. The minimum atomic E-state index is -0.993. The van der Waals surface area contributed by atoms with Crippen LogP contribution in [0.15, 0.2) is 24.3 Å². The smallest absolute Gasteiger partial charge is 0.336 e. The number of rotatable bonds is 3. The molecule has 1 saturated heterocycles. The number of nitrogens with zero attached hydrogens (tertiary/aromatic N) is 2. The Labute approximate surface area is 127 Å². The fourth-order valence-electron chi connectivity index (χ4n) is 2.78. The minimum Gasteiger partial charge on any atom is -0.478 e. The van der Waals surface area contributed by atoms with Crippen LogP contribution in [0.1, 0.15) is 30.1 Å². The zero-order valence-corrected chi connectivity index (χ0v) is 12.3. The molecule has 1 aromatic carbocycles. The van der Waals surface area contributed by atoms with Gasteiger partial charge in [0.15, 0.2) is 0 Å². The summed E-state index contributed by atoms with van der Waals surface area (Å²) in [6.07, 6.45) is 2.20. The molecule has 3 rings (SSSR count). The average Bonchev–Trinajstić information content (AvgIpc) is 2.99. The summed E-state index contributed by atoms with van der Waals surface area (Å²) in [5.41, 5.74) is 1.40. The fourth-order valence-corrected chi connectivity index (χ4v) is 2.78. The van der Waals surface area contributed by atoms with Crippen molar-refractivity contribution in [3.8, 4) is 0 Å². The molecule has 0 saturated carbocycles. The van der Waals surface area contributed by atoms with Crippen molar-refractivity contribution in [3.05, 3.63) is 29.8 Å². The van der Waals surface area contributed by atoms with E-state index in [-0.39, 0.29) is 11.5 Å².